The molecule has 1 saturated heterocycles. The number of aliphatic imine (C=N–C) groups is 1. The number of nitrogens with one attached hydrogen (secondary N) is 1. The maximum absolute atomic E-state index is 12.7. The number of nitrogens with zero attached hydrogens (tertiary/aromatic N) is 3. The zero-order chi connectivity index (χ0) is 25.1. The molecule has 8 heteroatoms. The number of thioether (sulfide) groups is 1. The van der Waals surface area contributed by atoms with E-state index in [2.05, 4.69) is 42.1 Å². The van der Waals surface area contributed by atoms with E-state index in [4.69, 9.17) is 4.74 Å². The van der Waals surface area contributed by atoms with Crippen LogP contribution >= 0.6 is 11.8 Å². The molecule has 0 aromatic heterocycles. The fourth-order valence-corrected chi connectivity index (χ4v) is 5.03. The van der Waals surface area contributed by atoms with E-state index in [9.17, 15) is 9.59 Å². The molecule has 0 saturated carbocycles. The second kappa shape index (κ2) is 14.4. The van der Waals surface area contributed by atoms with Gasteiger partial charge in [-0.05, 0) is 38.0 Å². The van der Waals surface area contributed by atoms with Crippen LogP contribution in [0.5, 0.6) is 0 Å². The van der Waals surface area contributed by atoms with E-state index in [0.29, 0.717) is 37.7 Å². The van der Waals surface area contributed by atoms with Gasteiger partial charge in [0.1, 0.15) is 5.84 Å². The third-order valence-electron chi connectivity index (χ3n) is 6.23. The number of hydrogen-bond donors (Lipinski definition) is 1. The van der Waals surface area contributed by atoms with Crippen LogP contribution in [0.2, 0.25) is 0 Å². The molecular weight excluding hydrogens is 448 g/mol. The van der Waals surface area contributed by atoms with Crippen LogP contribution in [0.1, 0.15) is 60.8 Å². The van der Waals surface area contributed by atoms with Gasteiger partial charge in [0, 0.05) is 49.7 Å². The van der Waals surface area contributed by atoms with Gasteiger partial charge < -0.3 is 15.0 Å². The molecule has 2 heterocycles. The second-order valence-corrected chi connectivity index (χ2v) is 9.83. The van der Waals surface area contributed by atoms with Crippen molar-refractivity contribution in [3.05, 3.63) is 33.7 Å². The molecule has 0 radical (unpaired) electrons. The summed E-state index contributed by atoms with van der Waals surface area (Å²) < 4.78 is 5.34. The summed E-state index contributed by atoms with van der Waals surface area (Å²) in [5, 5.41) is 5.51. The Morgan fingerprint density at radius 2 is 2.06 bits per heavy atom. The molecule has 0 bridgehead atoms. The number of esters is 1. The van der Waals surface area contributed by atoms with Crippen LogP contribution in [0.4, 0.5) is 0 Å². The maximum atomic E-state index is 12.7. The number of amides is 1. The van der Waals surface area contributed by atoms with E-state index in [0.717, 1.165) is 48.8 Å². The van der Waals surface area contributed by atoms with Gasteiger partial charge in [0.2, 0.25) is 5.91 Å². The van der Waals surface area contributed by atoms with Gasteiger partial charge in [0.15, 0.2) is 0 Å². The number of amidine groups is 1. The van der Waals surface area contributed by atoms with Gasteiger partial charge in [-0.3, -0.25) is 14.7 Å². The SMILES string of the molecule is C/C=C\S/C(=C/CC)C1=NCC(C(=O)OCC)=C(CN2CCN(C(C)=O)C(CC(C)CC)C2)N1. The van der Waals surface area contributed by atoms with E-state index >= 15 is 0 Å². The first-order valence-electron chi connectivity index (χ1n) is 12.5. The lowest BCUT2D eigenvalue weighted by atomic mass is 9.96. The summed E-state index contributed by atoms with van der Waals surface area (Å²) in [7, 11) is 0. The highest BCUT2D eigenvalue weighted by Gasteiger charge is 2.32. The largest absolute Gasteiger partial charge is 0.463 e. The molecule has 0 aromatic rings. The van der Waals surface area contributed by atoms with Crippen molar-refractivity contribution in [3.63, 3.8) is 0 Å². The molecule has 0 spiro atoms. The standard InChI is InChI=1S/C26H42N4O3S/c1-7-11-24(34-14-8-2)25-27-16-22(26(32)33-10-4)23(28-25)18-29-12-13-30(20(6)31)21(17-29)15-19(5)9-3/h8,11,14,19,21H,7,9-10,12-13,15-18H2,1-6H3,(H,27,28)/b14-8-,24-11+. The Labute approximate surface area is 209 Å². The molecule has 1 amide bonds. The summed E-state index contributed by atoms with van der Waals surface area (Å²) in [6.45, 7) is 15.5. The van der Waals surface area contributed by atoms with Crippen LogP contribution < -0.4 is 5.32 Å². The van der Waals surface area contributed by atoms with Crippen molar-refractivity contribution in [1.82, 2.24) is 15.1 Å². The molecule has 2 aliphatic heterocycles. The number of hydrogen-bond acceptors (Lipinski definition) is 7. The molecule has 0 aliphatic carbocycles. The molecule has 1 fully saturated rings. The minimum Gasteiger partial charge on any atom is -0.463 e. The molecule has 2 aliphatic rings. The Hall–Kier alpha value is -2.06. The predicted molar refractivity (Wildman–Crippen MR) is 142 cm³/mol. The van der Waals surface area contributed by atoms with Crippen molar-refractivity contribution in [2.24, 2.45) is 10.9 Å². The third kappa shape index (κ3) is 8.01. The number of carbonyl (C=O) groups is 2. The van der Waals surface area contributed by atoms with Gasteiger partial charge >= 0.3 is 5.97 Å². The highest BCUT2D eigenvalue weighted by atomic mass is 32.2. The first-order valence-corrected chi connectivity index (χ1v) is 13.4. The summed E-state index contributed by atoms with van der Waals surface area (Å²) in [6.07, 6.45) is 7.13. The lowest BCUT2D eigenvalue weighted by Crippen LogP contribution is -2.56. The van der Waals surface area contributed by atoms with Gasteiger partial charge in [-0.1, -0.05) is 51.1 Å². The number of rotatable bonds is 11. The highest BCUT2D eigenvalue weighted by molar-refractivity contribution is 8.06. The Balaban J connectivity index is 2.25. The molecular formula is C26H42N4O3S. The third-order valence-corrected chi connectivity index (χ3v) is 7.25. The normalized spacial score (nSPS) is 20.9. The zero-order valence-electron chi connectivity index (χ0n) is 21.7. The van der Waals surface area contributed by atoms with Crippen LogP contribution in [-0.4, -0.2) is 72.9 Å². The Kier molecular flexibility index (Phi) is 11.9. The van der Waals surface area contributed by atoms with Gasteiger partial charge in [0.05, 0.1) is 18.7 Å². The summed E-state index contributed by atoms with van der Waals surface area (Å²) in [6, 6.07) is 0.186. The summed E-state index contributed by atoms with van der Waals surface area (Å²) in [5.41, 5.74) is 1.44. The fourth-order valence-electron chi connectivity index (χ4n) is 4.25. The maximum Gasteiger partial charge on any atom is 0.337 e. The monoisotopic (exact) mass is 490 g/mol. The first-order chi connectivity index (χ1) is 16.3. The number of carbonyl (C=O) groups excluding carboxylic acids is 2. The van der Waals surface area contributed by atoms with Crippen LogP contribution in [0, 0.1) is 5.92 Å². The predicted octanol–water partition coefficient (Wildman–Crippen LogP) is 4.33. The molecule has 7 nitrogen and oxygen atoms in total. The van der Waals surface area contributed by atoms with Crippen molar-refractivity contribution in [1.29, 1.82) is 0 Å². The molecule has 2 unspecified atom stereocenters. The summed E-state index contributed by atoms with van der Waals surface area (Å²) in [5.74, 6) is 1.18. The Morgan fingerprint density at radius 1 is 1.29 bits per heavy atom. The van der Waals surface area contributed by atoms with Crippen molar-refractivity contribution in [3.8, 4) is 0 Å². The van der Waals surface area contributed by atoms with Gasteiger partial charge in [0.25, 0.3) is 0 Å². The molecule has 190 valence electrons. The minimum atomic E-state index is -0.312. The first kappa shape index (κ1) is 28.2. The van der Waals surface area contributed by atoms with E-state index in [1.54, 1.807) is 18.7 Å². The Morgan fingerprint density at radius 3 is 2.68 bits per heavy atom. The molecule has 0 aromatic carbocycles. The topological polar surface area (TPSA) is 74.2 Å². The minimum absolute atomic E-state index is 0.139. The van der Waals surface area contributed by atoms with Crippen molar-refractivity contribution < 1.29 is 14.3 Å². The van der Waals surface area contributed by atoms with Gasteiger partial charge in [-0.15, -0.1) is 0 Å². The second-order valence-electron chi connectivity index (χ2n) is 8.88. The highest BCUT2D eigenvalue weighted by Crippen LogP contribution is 2.24. The van der Waals surface area contributed by atoms with E-state index in [1.165, 1.54) is 0 Å². The smallest absolute Gasteiger partial charge is 0.337 e. The Bertz CT molecular complexity index is 834. The zero-order valence-corrected chi connectivity index (χ0v) is 22.5. The fraction of sp³-hybridized carbons (Fsp3) is 0.654. The van der Waals surface area contributed by atoms with E-state index < -0.39 is 0 Å². The van der Waals surface area contributed by atoms with E-state index in [-0.39, 0.29) is 17.9 Å². The van der Waals surface area contributed by atoms with Crippen molar-refractivity contribution in [2.45, 2.75) is 66.8 Å². The average molecular weight is 491 g/mol. The molecule has 2 atom stereocenters. The summed E-state index contributed by atoms with van der Waals surface area (Å²) >= 11 is 1.62. The van der Waals surface area contributed by atoms with Crippen LogP contribution in [0.25, 0.3) is 0 Å². The summed E-state index contributed by atoms with van der Waals surface area (Å²) in [4.78, 5) is 35.1. The van der Waals surface area contributed by atoms with Crippen molar-refractivity contribution >= 4 is 29.5 Å². The van der Waals surface area contributed by atoms with Crippen LogP contribution in [0.3, 0.4) is 0 Å². The number of ether oxygens (including phenoxy) is 1. The van der Waals surface area contributed by atoms with Gasteiger partial charge in [-0.25, -0.2) is 4.79 Å². The van der Waals surface area contributed by atoms with E-state index in [1.807, 2.05) is 30.2 Å². The quantitative estimate of drug-likeness (QED) is 0.435. The lowest BCUT2D eigenvalue weighted by molar-refractivity contribution is -0.138. The molecule has 2 rings (SSSR count). The number of piperazine rings is 1. The average Bonchev–Trinajstić information content (AvgIpc) is 2.81. The lowest BCUT2D eigenvalue weighted by Gasteiger charge is -2.42. The van der Waals surface area contributed by atoms with Crippen molar-refractivity contribution in [2.75, 3.05) is 39.3 Å². The molecule has 34 heavy (non-hydrogen) atoms. The van der Waals surface area contributed by atoms with Crippen LogP contribution in [0.15, 0.2) is 38.7 Å². The number of allylic oxidation sites excluding steroid dienone is 2. The van der Waals surface area contributed by atoms with Gasteiger partial charge in [-0.2, -0.15) is 0 Å². The molecule has 1 N–H and O–H groups in total. The van der Waals surface area contributed by atoms with Crippen LogP contribution in [-0.2, 0) is 14.3 Å².